The number of anilines is 1. The molecule has 29 heavy (non-hydrogen) atoms. The summed E-state index contributed by atoms with van der Waals surface area (Å²) in [6.45, 7) is 0.293. The maximum atomic E-state index is 13.6. The van der Waals surface area contributed by atoms with Crippen molar-refractivity contribution in [2.45, 2.75) is 37.8 Å². The summed E-state index contributed by atoms with van der Waals surface area (Å²) < 4.78 is 27.2. The van der Waals surface area contributed by atoms with Gasteiger partial charge in [-0.3, -0.25) is 9.59 Å². The Morgan fingerprint density at radius 1 is 1.24 bits per heavy atom. The van der Waals surface area contributed by atoms with Crippen molar-refractivity contribution in [3.05, 3.63) is 54.1 Å². The molecular formula is C20H20F2N4O3. The summed E-state index contributed by atoms with van der Waals surface area (Å²) >= 11 is 0. The van der Waals surface area contributed by atoms with Crippen LogP contribution in [0.5, 0.6) is 0 Å². The van der Waals surface area contributed by atoms with E-state index in [9.17, 15) is 23.5 Å². The Labute approximate surface area is 165 Å². The van der Waals surface area contributed by atoms with Crippen LogP contribution in [0.1, 0.15) is 36.2 Å². The molecule has 2 heterocycles. The molecule has 1 spiro atoms. The number of rotatable bonds is 3. The first-order valence-electron chi connectivity index (χ1n) is 9.39. The number of nitrogens with zero attached hydrogens (tertiary/aromatic N) is 3. The van der Waals surface area contributed by atoms with E-state index < -0.39 is 35.1 Å². The summed E-state index contributed by atoms with van der Waals surface area (Å²) in [5, 5.41) is 13.2. The Balaban J connectivity index is 1.53. The van der Waals surface area contributed by atoms with Crippen molar-refractivity contribution in [3.8, 4) is 0 Å². The molecule has 1 aromatic heterocycles. The number of aliphatic hydroxyl groups excluding tert-OH is 1. The van der Waals surface area contributed by atoms with E-state index in [-0.39, 0.29) is 23.7 Å². The lowest BCUT2D eigenvalue weighted by atomic mass is 9.69. The third kappa shape index (κ3) is 3.82. The molecular weight excluding hydrogens is 382 g/mol. The van der Waals surface area contributed by atoms with Gasteiger partial charge in [0.25, 0.3) is 5.91 Å². The highest BCUT2D eigenvalue weighted by molar-refractivity contribution is 6.00. The van der Waals surface area contributed by atoms with Gasteiger partial charge in [-0.25, -0.2) is 18.7 Å². The Morgan fingerprint density at radius 2 is 2.00 bits per heavy atom. The second-order valence-corrected chi connectivity index (χ2v) is 7.68. The minimum absolute atomic E-state index is 0.158. The number of hydrogen-bond acceptors (Lipinski definition) is 5. The van der Waals surface area contributed by atoms with Crippen molar-refractivity contribution in [3.63, 3.8) is 0 Å². The van der Waals surface area contributed by atoms with Gasteiger partial charge < -0.3 is 15.3 Å². The number of aromatic nitrogens is 2. The SMILES string of the molecule is O=C(NC1CC(O)CC2(CCN(c3cc(F)cc(F)c3)C2=O)C1)c1ccncn1. The second-order valence-electron chi connectivity index (χ2n) is 7.68. The van der Waals surface area contributed by atoms with Gasteiger partial charge in [-0.05, 0) is 43.9 Å². The molecule has 1 aliphatic heterocycles. The number of benzene rings is 1. The molecule has 1 aliphatic carbocycles. The van der Waals surface area contributed by atoms with E-state index in [1.807, 2.05) is 0 Å². The predicted molar refractivity (Wildman–Crippen MR) is 98.9 cm³/mol. The molecule has 9 heteroatoms. The third-order valence-electron chi connectivity index (χ3n) is 5.64. The first kappa shape index (κ1) is 19.4. The van der Waals surface area contributed by atoms with Gasteiger partial charge in [-0.15, -0.1) is 0 Å². The lowest BCUT2D eigenvalue weighted by Crippen LogP contribution is -2.50. The van der Waals surface area contributed by atoms with Crippen molar-refractivity contribution in [1.29, 1.82) is 0 Å². The highest BCUT2D eigenvalue weighted by Gasteiger charge is 2.52. The molecule has 1 saturated carbocycles. The Hall–Kier alpha value is -2.94. The van der Waals surface area contributed by atoms with Crippen LogP contribution in [-0.4, -0.2) is 45.6 Å². The zero-order valence-electron chi connectivity index (χ0n) is 15.5. The molecule has 2 aromatic rings. The predicted octanol–water partition coefficient (Wildman–Crippen LogP) is 1.82. The van der Waals surface area contributed by atoms with Gasteiger partial charge >= 0.3 is 0 Å². The maximum absolute atomic E-state index is 13.6. The van der Waals surface area contributed by atoms with E-state index in [1.54, 1.807) is 0 Å². The molecule has 2 fully saturated rings. The van der Waals surface area contributed by atoms with Crippen LogP contribution in [0.2, 0.25) is 0 Å². The number of nitrogens with one attached hydrogen (secondary N) is 1. The summed E-state index contributed by atoms with van der Waals surface area (Å²) in [5.74, 6) is -2.21. The minimum Gasteiger partial charge on any atom is -0.393 e. The Bertz CT molecular complexity index is 922. The highest BCUT2D eigenvalue weighted by atomic mass is 19.1. The van der Waals surface area contributed by atoms with E-state index in [1.165, 1.54) is 23.5 Å². The topological polar surface area (TPSA) is 95.4 Å². The van der Waals surface area contributed by atoms with Gasteiger partial charge in [0, 0.05) is 30.5 Å². The number of carbonyl (C=O) groups is 2. The maximum Gasteiger partial charge on any atom is 0.270 e. The number of amides is 2. The smallest absolute Gasteiger partial charge is 0.270 e. The van der Waals surface area contributed by atoms with Gasteiger partial charge in [0.15, 0.2) is 0 Å². The van der Waals surface area contributed by atoms with E-state index >= 15 is 0 Å². The van der Waals surface area contributed by atoms with Gasteiger partial charge in [-0.1, -0.05) is 0 Å². The van der Waals surface area contributed by atoms with Gasteiger partial charge in [0.1, 0.15) is 23.7 Å². The summed E-state index contributed by atoms with van der Waals surface area (Å²) in [6.07, 6.45) is 3.29. The van der Waals surface area contributed by atoms with Gasteiger partial charge in [0.2, 0.25) is 5.91 Å². The normalized spacial score (nSPS) is 26.7. The molecule has 0 radical (unpaired) electrons. The van der Waals surface area contributed by atoms with E-state index in [4.69, 9.17) is 0 Å². The number of carbonyl (C=O) groups excluding carboxylic acids is 2. The summed E-state index contributed by atoms with van der Waals surface area (Å²) in [5.41, 5.74) is -0.529. The monoisotopic (exact) mass is 402 g/mol. The van der Waals surface area contributed by atoms with Gasteiger partial charge in [-0.2, -0.15) is 0 Å². The summed E-state index contributed by atoms with van der Waals surface area (Å²) in [6, 6.07) is 4.05. The standard InChI is InChI=1S/C20H20F2N4O3/c21-12-5-13(22)7-15(6-12)26-4-2-20(19(26)29)9-14(8-16(27)10-20)25-18(28)17-1-3-23-11-24-17/h1,3,5-7,11,14,16,27H,2,4,8-10H2,(H,25,28). The van der Waals surface area contributed by atoms with Crippen molar-refractivity contribution >= 4 is 17.5 Å². The number of halogens is 2. The average molecular weight is 402 g/mol. The molecule has 1 saturated heterocycles. The molecule has 2 N–H and O–H groups in total. The zero-order chi connectivity index (χ0) is 20.6. The molecule has 152 valence electrons. The van der Waals surface area contributed by atoms with Crippen LogP contribution in [0.3, 0.4) is 0 Å². The highest BCUT2D eigenvalue weighted by Crippen LogP contribution is 2.46. The molecule has 7 nitrogen and oxygen atoms in total. The van der Waals surface area contributed by atoms with E-state index in [0.29, 0.717) is 25.8 Å². The second kappa shape index (κ2) is 7.47. The lowest BCUT2D eigenvalue weighted by Gasteiger charge is -2.39. The number of aliphatic hydroxyl groups is 1. The van der Waals surface area contributed by atoms with Crippen molar-refractivity contribution in [1.82, 2.24) is 15.3 Å². The van der Waals surface area contributed by atoms with Crippen LogP contribution < -0.4 is 10.2 Å². The first-order valence-corrected chi connectivity index (χ1v) is 9.39. The lowest BCUT2D eigenvalue weighted by molar-refractivity contribution is -0.130. The molecule has 3 unspecified atom stereocenters. The van der Waals surface area contributed by atoms with Crippen LogP contribution in [0.4, 0.5) is 14.5 Å². The molecule has 0 bridgehead atoms. The fraction of sp³-hybridized carbons (Fsp3) is 0.400. The van der Waals surface area contributed by atoms with E-state index in [2.05, 4.69) is 15.3 Å². The quantitative estimate of drug-likeness (QED) is 0.817. The number of hydrogen-bond donors (Lipinski definition) is 2. The summed E-state index contributed by atoms with van der Waals surface area (Å²) in [7, 11) is 0. The van der Waals surface area contributed by atoms with Crippen LogP contribution in [0, 0.1) is 17.0 Å². The molecule has 1 aromatic carbocycles. The molecule has 4 rings (SSSR count). The van der Waals surface area contributed by atoms with Crippen LogP contribution in [-0.2, 0) is 4.79 Å². The Morgan fingerprint density at radius 3 is 2.69 bits per heavy atom. The van der Waals surface area contributed by atoms with Crippen LogP contribution in [0.25, 0.3) is 0 Å². The molecule has 2 aliphatic rings. The molecule has 2 amide bonds. The van der Waals surface area contributed by atoms with Gasteiger partial charge in [0.05, 0.1) is 11.5 Å². The fourth-order valence-electron chi connectivity index (χ4n) is 4.44. The largest absolute Gasteiger partial charge is 0.393 e. The van der Waals surface area contributed by atoms with Crippen LogP contribution >= 0.6 is 0 Å². The first-order chi connectivity index (χ1) is 13.9. The average Bonchev–Trinajstić information content (AvgIpc) is 2.96. The van der Waals surface area contributed by atoms with Crippen molar-refractivity contribution < 1.29 is 23.5 Å². The third-order valence-corrected chi connectivity index (χ3v) is 5.64. The van der Waals surface area contributed by atoms with Crippen LogP contribution in [0.15, 0.2) is 36.8 Å². The van der Waals surface area contributed by atoms with Crippen molar-refractivity contribution in [2.75, 3.05) is 11.4 Å². The fourth-order valence-corrected chi connectivity index (χ4v) is 4.44. The van der Waals surface area contributed by atoms with Crippen molar-refractivity contribution in [2.24, 2.45) is 5.41 Å². The zero-order valence-corrected chi connectivity index (χ0v) is 15.5. The van der Waals surface area contributed by atoms with E-state index in [0.717, 1.165) is 18.2 Å². The summed E-state index contributed by atoms with van der Waals surface area (Å²) in [4.78, 5) is 34.6. The molecule has 3 atom stereocenters. The minimum atomic E-state index is -0.885. The Kier molecular flexibility index (Phi) is 4.99.